The number of rotatable bonds is 3. The van der Waals surface area contributed by atoms with Crippen LogP contribution in [-0.2, 0) is 16.2 Å². The molecule has 0 aliphatic carbocycles. The molecule has 0 heterocycles. The summed E-state index contributed by atoms with van der Waals surface area (Å²) in [6, 6.07) is -0.515. The van der Waals surface area contributed by atoms with Gasteiger partial charge in [0.15, 0.2) is 0 Å². The third-order valence-corrected chi connectivity index (χ3v) is 1.19. The number of hydrogen-bond donors (Lipinski definition) is 4. The van der Waals surface area contributed by atoms with Crippen molar-refractivity contribution in [3.63, 3.8) is 0 Å². The molecule has 0 saturated carbocycles. The van der Waals surface area contributed by atoms with Crippen LogP contribution >= 0.6 is 12.6 Å². The van der Waals surface area contributed by atoms with Crippen LogP contribution < -0.4 is 34.9 Å². The van der Waals surface area contributed by atoms with Gasteiger partial charge in [-0.05, 0) is 7.05 Å². The first-order valence-electron chi connectivity index (χ1n) is 2.75. The van der Waals surface area contributed by atoms with Crippen molar-refractivity contribution in [2.45, 2.75) is 6.04 Å². The molecule has 0 aliphatic rings. The van der Waals surface area contributed by atoms with Gasteiger partial charge in [-0.25, -0.2) is 4.21 Å². The summed E-state index contributed by atoms with van der Waals surface area (Å²) in [7, 11) is 1.59. The van der Waals surface area contributed by atoms with E-state index in [1.165, 1.54) is 0 Å². The number of likely N-dealkylation sites (N-methyl/N-ethyl adjacent to an activating group) is 1. The van der Waals surface area contributed by atoms with E-state index in [4.69, 9.17) is 18.4 Å². The second kappa shape index (κ2) is 12.8. The average Bonchev–Trinajstić information content (AvgIpc) is 1.87. The van der Waals surface area contributed by atoms with E-state index in [9.17, 15) is 4.79 Å². The van der Waals surface area contributed by atoms with E-state index in [1.54, 1.807) is 7.05 Å². The molecular formula is C4H10NNaO5S2. The molecule has 0 amide bonds. The van der Waals surface area contributed by atoms with Gasteiger partial charge in [-0.1, -0.05) is 0 Å². The maximum Gasteiger partial charge on any atom is 1.00 e. The molecule has 74 valence electrons. The summed E-state index contributed by atoms with van der Waals surface area (Å²) in [5, 5.41) is 10.8. The first-order chi connectivity index (χ1) is 5.45. The molecule has 9 heteroatoms. The predicted octanol–water partition coefficient (Wildman–Crippen LogP) is -4.07. The van der Waals surface area contributed by atoms with Gasteiger partial charge in [-0.15, -0.1) is 0 Å². The zero-order valence-corrected chi connectivity index (χ0v) is 11.0. The summed E-state index contributed by atoms with van der Waals surface area (Å²) in [5.74, 6) is -0.534. The Morgan fingerprint density at radius 1 is 1.77 bits per heavy atom. The Morgan fingerprint density at radius 2 is 2.08 bits per heavy atom. The summed E-state index contributed by atoms with van der Waals surface area (Å²) >= 11 is 0.931. The van der Waals surface area contributed by atoms with Gasteiger partial charge >= 0.3 is 35.5 Å². The Bertz CT molecular complexity index is 149. The van der Waals surface area contributed by atoms with Crippen LogP contribution in [0.1, 0.15) is 0 Å². The summed E-state index contributed by atoms with van der Waals surface area (Å²) in [4.78, 5) is 10.1. The molecule has 13 heavy (non-hydrogen) atoms. The van der Waals surface area contributed by atoms with Crippen LogP contribution in [-0.4, -0.2) is 43.2 Å². The molecule has 6 nitrogen and oxygen atoms in total. The predicted molar refractivity (Wildman–Crippen MR) is 45.9 cm³/mol. The van der Waals surface area contributed by atoms with Crippen molar-refractivity contribution in [3.05, 3.63) is 0 Å². The van der Waals surface area contributed by atoms with Crippen molar-refractivity contribution in [2.24, 2.45) is 0 Å². The van der Waals surface area contributed by atoms with E-state index >= 15 is 0 Å². The van der Waals surface area contributed by atoms with Gasteiger partial charge in [-0.2, -0.15) is 12.6 Å². The fraction of sp³-hybridized carbons (Fsp3) is 0.750. The SMILES string of the molecule is CNC(CS)C(=O)O.O=S([O-])O.[Na+]. The first kappa shape index (κ1) is 19.4. The number of carboxylic acids is 1. The number of nitrogens with one attached hydrogen (secondary N) is 1. The van der Waals surface area contributed by atoms with Crippen molar-refractivity contribution >= 4 is 30.0 Å². The molecule has 0 spiro atoms. The molecule has 0 aromatic carbocycles. The minimum Gasteiger partial charge on any atom is -0.750 e. The third-order valence-electron chi connectivity index (χ3n) is 0.829. The normalized spacial score (nSPS) is 12.9. The summed E-state index contributed by atoms with van der Waals surface area (Å²) in [6.45, 7) is 0. The van der Waals surface area contributed by atoms with Gasteiger partial charge in [0.05, 0.1) is 11.4 Å². The minimum atomic E-state index is -2.86. The van der Waals surface area contributed by atoms with Gasteiger partial charge in [0.25, 0.3) is 0 Å². The fourth-order valence-corrected chi connectivity index (χ4v) is 0.632. The van der Waals surface area contributed by atoms with Crippen LogP contribution in [0.5, 0.6) is 0 Å². The van der Waals surface area contributed by atoms with Gasteiger partial charge in [0.1, 0.15) is 6.04 Å². The molecule has 2 unspecified atom stereocenters. The molecule has 0 bridgehead atoms. The average molecular weight is 239 g/mol. The first-order valence-corrected chi connectivity index (χ1v) is 4.41. The van der Waals surface area contributed by atoms with E-state index in [0.29, 0.717) is 5.75 Å². The smallest absolute Gasteiger partial charge is 0.750 e. The number of hydrogen-bond acceptors (Lipinski definition) is 5. The second-order valence-electron chi connectivity index (χ2n) is 1.58. The zero-order chi connectivity index (χ0) is 10.1. The molecular weight excluding hydrogens is 229 g/mol. The van der Waals surface area contributed by atoms with Crippen LogP contribution in [0.25, 0.3) is 0 Å². The van der Waals surface area contributed by atoms with Crippen molar-refractivity contribution in [3.8, 4) is 0 Å². The topological polar surface area (TPSA) is 110 Å². The van der Waals surface area contributed by atoms with Crippen LogP contribution in [0.15, 0.2) is 0 Å². The molecule has 0 aromatic rings. The molecule has 0 rings (SSSR count). The maximum atomic E-state index is 10.1. The van der Waals surface area contributed by atoms with Gasteiger partial charge in [0.2, 0.25) is 0 Å². The Labute approximate surface area is 106 Å². The number of thiol groups is 1. The van der Waals surface area contributed by atoms with Crippen LogP contribution in [0.4, 0.5) is 0 Å². The molecule has 0 radical (unpaired) electrons. The minimum absolute atomic E-state index is 0. The molecule has 2 atom stereocenters. The fourth-order valence-electron chi connectivity index (χ4n) is 0.293. The van der Waals surface area contributed by atoms with Gasteiger partial charge in [0, 0.05) is 5.75 Å². The second-order valence-corrected chi connectivity index (χ2v) is 2.38. The number of carboxylic acid groups (broad SMARTS) is 1. The van der Waals surface area contributed by atoms with Crippen LogP contribution in [0.3, 0.4) is 0 Å². The summed E-state index contributed by atoms with van der Waals surface area (Å²) < 4.78 is 24.1. The van der Waals surface area contributed by atoms with Crippen molar-refractivity contribution in [2.75, 3.05) is 12.8 Å². The van der Waals surface area contributed by atoms with E-state index in [0.717, 1.165) is 0 Å². The third kappa shape index (κ3) is 19.3. The summed E-state index contributed by atoms with van der Waals surface area (Å²) in [6.07, 6.45) is 0. The number of aliphatic carboxylic acids is 1. The van der Waals surface area contributed by atoms with Crippen molar-refractivity contribution < 1.29 is 52.8 Å². The number of carbonyl (C=O) groups is 1. The molecule has 0 fully saturated rings. The molecule has 0 aliphatic heterocycles. The Hall–Kier alpha value is 0.850. The zero-order valence-electron chi connectivity index (χ0n) is 7.26. The van der Waals surface area contributed by atoms with E-state index in [-0.39, 0.29) is 29.6 Å². The van der Waals surface area contributed by atoms with E-state index in [2.05, 4.69) is 17.9 Å². The Balaban J connectivity index is -0.000000173. The standard InChI is InChI=1S/C4H9NO2S.Na.H2O3S/c1-5-3(2-8)4(6)7;;1-4(2)3/h3,5,8H,2H2,1H3,(H,6,7);;(H2,1,2,3)/q;+1;/p-1. The van der Waals surface area contributed by atoms with E-state index in [1.807, 2.05) is 0 Å². The largest absolute Gasteiger partial charge is 1.00 e. The Morgan fingerprint density at radius 3 is 2.08 bits per heavy atom. The van der Waals surface area contributed by atoms with Gasteiger partial charge < -0.3 is 19.5 Å². The quantitative estimate of drug-likeness (QED) is 0.227. The van der Waals surface area contributed by atoms with Crippen molar-refractivity contribution in [1.29, 1.82) is 0 Å². The van der Waals surface area contributed by atoms with Crippen molar-refractivity contribution in [1.82, 2.24) is 5.32 Å². The van der Waals surface area contributed by atoms with Crippen LogP contribution in [0, 0.1) is 0 Å². The van der Waals surface area contributed by atoms with Gasteiger partial charge in [-0.3, -0.25) is 4.79 Å². The Kier molecular flexibility index (Phi) is 19.2. The van der Waals surface area contributed by atoms with Crippen LogP contribution in [0.2, 0.25) is 0 Å². The van der Waals surface area contributed by atoms with E-state index < -0.39 is 23.4 Å². The summed E-state index contributed by atoms with van der Waals surface area (Å²) in [5.41, 5.74) is 0. The monoisotopic (exact) mass is 239 g/mol. The maximum absolute atomic E-state index is 10.1. The molecule has 3 N–H and O–H groups in total. The molecule has 0 aromatic heterocycles. The molecule has 0 saturated heterocycles.